The molecule has 0 unspecified atom stereocenters. The van der Waals surface area contributed by atoms with Gasteiger partial charge in [0.25, 0.3) is 5.56 Å². The lowest BCUT2D eigenvalue weighted by atomic mass is 10.1. The van der Waals surface area contributed by atoms with Crippen molar-refractivity contribution in [2.24, 2.45) is 5.92 Å². The molecule has 0 radical (unpaired) electrons. The van der Waals surface area contributed by atoms with Crippen molar-refractivity contribution in [2.45, 2.75) is 12.6 Å². The number of hydrogen-bond donors (Lipinski definition) is 3. The Hall–Kier alpha value is -1.49. The number of rotatable bonds is 5. The Morgan fingerprint density at radius 1 is 1.32 bits per heavy atom. The maximum Gasteiger partial charge on any atom is 0.325 e. The van der Waals surface area contributed by atoms with E-state index < -0.39 is 33.3 Å². The van der Waals surface area contributed by atoms with Crippen molar-refractivity contribution in [3.8, 4) is 0 Å². The topological polar surface area (TPSA) is 127 Å². The monoisotopic (exact) mass is 332 g/mol. The molecule has 0 bridgehead atoms. The van der Waals surface area contributed by atoms with Gasteiger partial charge in [0.2, 0.25) is 10.0 Å². The lowest BCUT2D eigenvalue weighted by Gasteiger charge is -2.17. The summed E-state index contributed by atoms with van der Waals surface area (Å²) in [4.78, 5) is 28.9. The molecule has 124 valence electrons. The van der Waals surface area contributed by atoms with Crippen molar-refractivity contribution < 1.29 is 13.5 Å². The van der Waals surface area contributed by atoms with Crippen LogP contribution >= 0.6 is 0 Å². The third kappa shape index (κ3) is 4.03. The van der Waals surface area contributed by atoms with Crippen LogP contribution in [-0.2, 0) is 16.6 Å². The number of β-amino-alcohol motifs (C(OH)–C–C–N with tert-alkyl or cyclic N) is 1. The Balaban J connectivity index is 2.05. The molecule has 1 fully saturated rings. The molecular formula is C12H20N4O5S. The van der Waals surface area contributed by atoms with Crippen LogP contribution in [0.4, 0.5) is 0 Å². The second kappa shape index (κ2) is 6.32. The minimum Gasteiger partial charge on any atom is -0.391 e. The smallest absolute Gasteiger partial charge is 0.325 e. The normalized spacial score (nSPS) is 23.3. The van der Waals surface area contributed by atoms with Gasteiger partial charge in [-0.1, -0.05) is 0 Å². The summed E-state index contributed by atoms with van der Waals surface area (Å²) in [5.74, 6) is -0.537. The molecule has 0 amide bonds. The van der Waals surface area contributed by atoms with E-state index in [1.165, 1.54) is 20.2 Å². The fourth-order valence-electron chi connectivity index (χ4n) is 2.50. The number of H-pyrrole nitrogens is 2. The molecule has 2 heterocycles. The van der Waals surface area contributed by atoms with Crippen molar-refractivity contribution in [3.05, 3.63) is 32.6 Å². The van der Waals surface area contributed by atoms with Crippen molar-refractivity contribution in [3.63, 3.8) is 0 Å². The molecule has 2 rings (SSSR count). The Labute approximate surface area is 127 Å². The van der Waals surface area contributed by atoms with Gasteiger partial charge in [-0.15, -0.1) is 0 Å². The van der Waals surface area contributed by atoms with Crippen LogP contribution in [0.5, 0.6) is 0 Å². The Bertz CT molecular complexity index is 710. The highest BCUT2D eigenvalue weighted by molar-refractivity contribution is 7.89. The summed E-state index contributed by atoms with van der Waals surface area (Å²) < 4.78 is 24.9. The fraction of sp³-hybridized carbons (Fsp3) is 0.667. The third-order valence-electron chi connectivity index (χ3n) is 3.67. The predicted octanol–water partition coefficient (Wildman–Crippen LogP) is -2.25. The first-order valence-corrected chi connectivity index (χ1v) is 8.41. The highest BCUT2D eigenvalue weighted by Crippen LogP contribution is 2.20. The molecule has 0 aliphatic carbocycles. The third-order valence-corrected chi connectivity index (χ3v) is 5.64. The van der Waals surface area contributed by atoms with E-state index in [0.29, 0.717) is 18.8 Å². The van der Waals surface area contributed by atoms with Crippen LogP contribution < -0.4 is 11.2 Å². The van der Waals surface area contributed by atoms with Crippen LogP contribution in [0.2, 0.25) is 0 Å². The van der Waals surface area contributed by atoms with Gasteiger partial charge in [-0.25, -0.2) is 17.5 Å². The number of aliphatic hydroxyl groups excluding tert-OH is 1. The number of hydrogen-bond acceptors (Lipinski definition) is 6. The van der Waals surface area contributed by atoms with E-state index in [9.17, 15) is 23.1 Å². The van der Waals surface area contributed by atoms with E-state index >= 15 is 0 Å². The van der Waals surface area contributed by atoms with Gasteiger partial charge in [0.1, 0.15) is 0 Å². The number of sulfonamides is 1. The molecule has 1 aliphatic heterocycles. The van der Waals surface area contributed by atoms with Gasteiger partial charge >= 0.3 is 5.69 Å². The molecule has 1 aliphatic rings. The Morgan fingerprint density at radius 3 is 2.59 bits per heavy atom. The zero-order chi connectivity index (χ0) is 16.5. The van der Waals surface area contributed by atoms with Gasteiger partial charge in [-0.2, -0.15) is 0 Å². The average molecular weight is 332 g/mol. The van der Waals surface area contributed by atoms with Gasteiger partial charge in [-0.3, -0.25) is 14.7 Å². The van der Waals surface area contributed by atoms with Gasteiger partial charge in [0.15, 0.2) is 0 Å². The lowest BCUT2D eigenvalue weighted by Crippen LogP contribution is -2.33. The van der Waals surface area contributed by atoms with E-state index in [1.807, 2.05) is 4.90 Å². The molecule has 2 atom stereocenters. The molecule has 1 aromatic rings. The minimum absolute atomic E-state index is 0.135. The van der Waals surface area contributed by atoms with Crippen molar-refractivity contribution >= 4 is 10.0 Å². The summed E-state index contributed by atoms with van der Waals surface area (Å²) in [6, 6.07) is 1.28. The van der Waals surface area contributed by atoms with Crippen LogP contribution in [0, 0.1) is 5.92 Å². The molecule has 22 heavy (non-hydrogen) atoms. The molecule has 0 saturated carbocycles. The molecule has 10 heteroatoms. The van der Waals surface area contributed by atoms with Gasteiger partial charge in [-0.05, 0) is 0 Å². The maximum atomic E-state index is 11.9. The quantitative estimate of drug-likeness (QED) is 0.559. The summed E-state index contributed by atoms with van der Waals surface area (Å²) in [6.45, 7) is 0.945. The number of likely N-dealkylation sites (tertiary alicyclic amines) is 1. The molecule has 0 spiro atoms. The highest BCUT2D eigenvalue weighted by Gasteiger charge is 2.35. The zero-order valence-electron chi connectivity index (χ0n) is 12.4. The lowest BCUT2D eigenvalue weighted by molar-refractivity contribution is 0.148. The first-order chi connectivity index (χ1) is 10.2. The largest absolute Gasteiger partial charge is 0.391 e. The number of nitrogens with zero attached hydrogens (tertiary/aromatic N) is 2. The van der Waals surface area contributed by atoms with E-state index in [1.54, 1.807) is 0 Å². The predicted molar refractivity (Wildman–Crippen MR) is 79.9 cm³/mol. The fourth-order valence-corrected chi connectivity index (χ4v) is 3.67. The molecule has 3 N–H and O–H groups in total. The van der Waals surface area contributed by atoms with E-state index in [0.717, 1.165) is 4.31 Å². The van der Waals surface area contributed by atoms with Gasteiger partial charge < -0.3 is 10.1 Å². The van der Waals surface area contributed by atoms with Crippen LogP contribution in [0.25, 0.3) is 0 Å². The molecule has 1 saturated heterocycles. The summed E-state index contributed by atoms with van der Waals surface area (Å²) in [7, 11) is -0.483. The number of aromatic amines is 2. The van der Waals surface area contributed by atoms with Gasteiger partial charge in [0.05, 0.1) is 11.9 Å². The first-order valence-electron chi connectivity index (χ1n) is 6.80. The standard InChI is InChI=1S/C12H20N4O5S/c1-15(2)22(20,21)7-8-4-16(6-10(8)17)5-9-3-11(18)14-12(19)13-9/h3,8,10,17H,4-7H2,1-2H3,(H2,13,14,18,19)/t8-,10-/m0/s1. The van der Waals surface area contributed by atoms with Crippen molar-refractivity contribution in [1.29, 1.82) is 0 Å². The highest BCUT2D eigenvalue weighted by atomic mass is 32.2. The Kier molecular flexibility index (Phi) is 4.85. The first kappa shape index (κ1) is 16.9. The average Bonchev–Trinajstić information content (AvgIpc) is 2.67. The van der Waals surface area contributed by atoms with Crippen LogP contribution in [-0.4, -0.2) is 71.7 Å². The van der Waals surface area contributed by atoms with Crippen molar-refractivity contribution in [1.82, 2.24) is 19.2 Å². The second-order valence-electron chi connectivity index (χ2n) is 5.70. The van der Waals surface area contributed by atoms with Crippen LogP contribution in [0.1, 0.15) is 5.69 Å². The second-order valence-corrected chi connectivity index (χ2v) is 7.92. The van der Waals surface area contributed by atoms with Crippen LogP contribution in [0.3, 0.4) is 0 Å². The summed E-state index contributed by atoms with van der Waals surface area (Å²) in [5.41, 5.74) is -0.656. The van der Waals surface area contributed by atoms with Crippen LogP contribution in [0.15, 0.2) is 15.7 Å². The molecular weight excluding hydrogens is 312 g/mol. The van der Waals surface area contributed by atoms with E-state index in [4.69, 9.17) is 0 Å². The number of aliphatic hydroxyl groups is 1. The maximum absolute atomic E-state index is 11.9. The summed E-state index contributed by atoms with van der Waals surface area (Å²) in [6.07, 6.45) is -0.761. The zero-order valence-corrected chi connectivity index (χ0v) is 13.3. The Morgan fingerprint density at radius 2 is 2.00 bits per heavy atom. The van der Waals surface area contributed by atoms with Crippen molar-refractivity contribution in [2.75, 3.05) is 32.9 Å². The molecule has 0 aromatic carbocycles. The number of nitrogens with one attached hydrogen (secondary N) is 2. The molecule has 9 nitrogen and oxygen atoms in total. The molecule has 1 aromatic heterocycles. The van der Waals surface area contributed by atoms with E-state index in [2.05, 4.69) is 9.97 Å². The summed E-state index contributed by atoms with van der Waals surface area (Å²) >= 11 is 0. The van der Waals surface area contributed by atoms with E-state index in [-0.39, 0.29) is 12.3 Å². The SMILES string of the molecule is CN(C)S(=O)(=O)C[C@@H]1CN(Cc2cc(=O)[nH]c(=O)[nH]2)C[C@@H]1O. The minimum atomic E-state index is -3.39. The van der Waals surface area contributed by atoms with Gasteiger partial charge in [0, 0.05) is 51.4 Å². The summed E-state index contributed by atoms with van der Waals surface area (Å²) in [5, 5.41) is 10.0. The number of aromatic nitrogens is 2.